The van der Waals surface area contributed by atoms with Crippen LogP contribution in [0, 0.1) is 3.57 Å². The summed E-state index contributed by atoms with van der Waals surface area (Å²) in [5.41, 5.74) is 1.98. The van der Waals surface area contributed by atoms with Crippen LogP contribution in [0.15, 0.2) is 24.3 Å². The van der Waals surface area contributed by atoms with Crippen LogP contribution in [0.3, 0.4) is 0 Å². The second kappa shape index (κ2) is 6.88. The Morgan fingerprint density at radius 2 is 1.95 bits per heavy atom. The maximum absolute atomic E-state index is 5.67. The van der Waals surface area contributed by atoms with E-state index in [-0.39, 0.29) is 0 Å². The predicted molar refractivity (Wildman–Crippen MR) is 90.3 cm³/mol. The third-order valence-corrected chi connectivity index (χ3v) is 4.05. The van der Waals surface area contributed by atoms with Gasteiger partial charge >= 0.3 is 0 Å². The van der Waals surface area contributed by atoms with Crippen molar-refractivity contribution in [2.24, 2.45) is 0 Å². The van der Waals surface area contributed by atoms with E-state index in [1.54, 1.807) is 0 Å². The number of rotatable bonds is 5. The van der Waals surface area contributed by atoms with Gasteiger partial charge in [0.25, 0.3) is 0 Å². The molecule has 1 aromatic carbocycles. The Hall–Kier alpha value is -1.37. The molecule has 20 heavy (non-hydrogen) atoms. The summed E-state index contributed by atoms with van der Waals surface area (Å²) in [4.78, 5) is 9.28. The highest BCUT2D eigenvalue weighted by Crippen LogP contribution is 2.30. The van der Waals surface area contributed by atoms with Crippen LogP contribution in [0.2, 0.25) is 0 Å². The molecule has 0 saturated heterocycles. The Morgan fingerprint density at radius 1 is 1.20 bits per heavy atom. The molecule has 0 aliphatic carbocycles. The zero-order chi connectivity index (χ0) is 14.5. The lowest BCUT2D eigenvalue weighted by molar-refractivity contribution is 0.341. The standard InChI is InChI=1S/C15H18IN3O/c1-4-11-13(16)15(17-3)19-14(18-11)10-8-6-7-9-12(10)20-5-2/h6-9H,4-5H2,1-3H3,(H,17,18,19). The molecule has 0 bridgehead atoms. The van der Waals surface area contributed by atoms with Gasteiger partial charge in [-0.2, -0.15) is 0 Å². The van der Waals surface area contributed by atoms with E-state index in [4.69, 9.17) is 4.74 Å². The monoisotopic (exact) mass is 383 g/mol. The quantitative estimate of drug-likeness (QED) is 0.799. The highest BCUT2D eigenvalue weighted by Gasteiger charge is 2.14. The lowest BCUT2D eigenvalue weighted by Gasteiger charge is -2.13. The van der Waals surface area contributed by atoms with Gasteiger partial charge in [0.1, 0.15) is 11.6 Å². The summed E-state index contributed by atoms with van der Waals surface area (Å²) in [5, 5.41) is 3.13. The fourth-order valence-electron chi connectivity index (χ4n) is 1.95. The second-order valence-corrected chi connectivity index (χ2v) is 5.27. The molecule has 0 unspecified atom stereocenters. The number of hydrogen-bond donors (Lipinski definition) is 1. The van der Waals surface area contributed by atoms with Crippen molar-refractivity contribution in [3.63, 3.8) is 0 Å². The molecule has 106 valence electrons. The van der Waals surface area contributed by atoms with Gasteiger partial charge in [0.2, 0.25) is 0 Å². The van der Waals surface area contributed by atoms with Crippen molar-refractivity contribution in [2.75, 3.05) is 19.0 Å². The fraction of sp³-hybridized carbons (Fsp3) is 0.333. The molecule has 0 saturated carbocycles. The lowest BCUT2D eigenvalue weighted by atomic mass is 10.1. The van der Waals surface area contributed by atoms with Gasteiger partial charge in [-0.15, -0.1) is 0 Å². The van der Waals surface area contributed by atoms with Crippen molar-refractivity contribution in [2.45, 2.75) is 20.3 Å². The zero-order valence-electron chi connectivity index (χ0n) is 11.9. The molecular formula is C15H18IN3O. The summed E-state index contributed by atoms with van der Waals surface area (Å²) in [5.74, 6) is 2.38. The van der Waals surface area contributed by atoms with E-state index in [0.29, 0.717) is 12.4 Å². The normalized spacial score (nSPS) is 10.4. The summed E-state index contributed by atoms with van der Waals surface area (Å²) >= 11 is 2.28. The SMILES string of the molecule is CCOc1ccccc1-c1nc(CC)c(I)c(NC)n1. The molecule has 0 spiro atoms. The zero-order valence-corrected chi connectivity index (χ0v) is 14.1. The minimum Gasteiger partial charge on any atom is -0.493 e. The van der Waals surface area contributed by atoms with Crippen LogP contribution in [0.25, 0.3) is 11.4 Å². The summed E-state index contributed by atoms with van der Waals surface area (Å²) in [6, 6.07) is 7.88. The topological polar surface area (TPSA) is 47.0 Å². The van der Waals surface area contributed by atoms with Crippen LogP contribution in [-0.4, -0.2) is 23.6 Å². The minimum absolute atomic E-state index is 0.626. The number of aryl methyl sites for hydroxylation is 1. The van der Waals surface area contributed by atoms with Gasteiger partial charge < -0.3 is 10.1 Å². The molecule has 0 fully saturated rings. The lowest BCUT2D eigenvalue weighted by Crippen LogP contribution is -2.05. The van der Waals surface area contributed by atoms with E-state index in [0.717, 1.165) is 32.8 Å². The van der Waals surface area contributed by atoms with Crippen LogP contribution in [0.1, 0.15) is 19.5 Å². The minimum atomic E-state index is 0.626. The van der Waals surface area contributed by atoms with E-state index in [1.165, 1.54) is 0 Å². The molecule has 0 amide bonds. The Kier molecular flexibility index (Phi) is 5.17. The van der Waals surface area contributed by atoms with Gasteiger partial charge in [0.15, 0.2) is 5.82 Å². The summed E-state index contributed by atoms with van der Waals surface area (Å²) < 4.78 is 6.74. The number of nitrogens with one attached hydrogen (secondary N) is 1. The molecule has 1 heterocycles. The summed E-state index contributed by atoms with van der Waals surface area (Å²) in [7, 11) is 1.88. The van der Waals surface area contributed by atoms with E-state index in [2.05, 4.69) is 44.8 Å². The van der Waals surface area contributed by atoms with E-state index >= 15 is 0 Å². The van der Waals surface area contributed by atoms with Gasteiger partial charge in [-0.05, 0) is 48.1 Å². The third-order valence-electron chi connectivity index (χ3n) is 2.92. The van der Waals surface area contributed by atoms with Crippen molar-refractivity contribution in [1.29, 1.82) is 0 Å². The molecule has 0 atom stereocenters. The highest BCUT2D eigenvalue weighted by atomic mass is 127. The first-order valence-electron chi connectivity index (χ1n) is 6.67. The van der Waals surface area contributed by atoms with Crippen molar-refractivity contribution < 1.29 is 4.74 Å². The molecule has 1 N–H and O–H groups in total. The maximum Gasteiger partial charge on any atom is 0.165 e. The second-order valence-electron chi connectivity index (χ2n) is 4.19. The number of para-hydroxylation sites is 1. The van der Waals surface area contributed by atoms with E-state index in [1.807, 2.05) is 38.2 Å². The molecule has 4 nitrogen and oxygen atoms in total. The Bertz CT molecular complexity index is 576. The van der Waals surface area contributed by atoms with Crippen LogP contribution in [-0.2, 0) is 6.42 Å². The summed E-state index contributed by atoms with van der Waals surface area (Å²) in [6.07, 6.45) is 0.874. The van der Waals surface area contributed by atoms with Crippen LogP contribution < -0.4 is 10.1 Å². The molecule has 2 rings (SSSR count). The van der Waals surface area contributed by atoms with E-state index in [9.17, 15) is 0 Å². The van der Waals surface area contributed by atoms with Gasteiger partial charge in [-0.3, -0.25) is 0 Å². The number of ether oxygens (including phenoxy) is 1. The number of aromatic nitrogens is 2. The molecule has 1 aromatic heterocycles. The van der Waals surface area contributed by atoms with Gasteiger partial charge in [0, 0.05) is 7.05 Å². The third kappa shape index (κ3) is 3.03. The first-order valence-corrected chi connectivity index (χ1v) is 7.75. The van der Waals surface area contributed by atoms with Crippen LogP contribution in [0.4, 0.5) is 5.82 Å². The number of halogens is 1. The average Bonchev–Trinajstić information content (AvgIpc) is 2.48. The largest absolute Gasteiger partial charge is 0.493 e. The van der Waals surface area contributed by atoms with Crippen molar-refractivity contribution >= 4 is 28.4 Å². The molecule has 5 heteroatoms. The Balaban J connectivity index is 2.58. The molecule has 0 radical (unpaired) electrons. The smallest absolute Gasteiger partial charge is 0.165 e. The van der Waals surface area contributed by atoms with Crippen LogP contribution in [0.5, 0.6) is 5.75 Å². The van der Waals surface area contributed by atoms with Gasteiger partial charge in [-0.1, -0.05) is 19.1 Å². The van der Waals surface area contributed by atoms with E-state index < -0.39 is 0 Å². The number of anilines is 1. The number of benzene rings is 1. The number of hydrogen-bond acceptors (Lipinski definition) is 4. The molecule has 0 aliphatic rings. The first-order chi connectivity index (χ1) is 9.71. The van der Waals surface area contributed by atoms with Gasteiger partial charge in [-0.25, -0.2) is 9.97 Å². The highest BCUT2D eigenvalue weighted by molar-refractivity contribution is 14.1. The first kappa shape index (κ1) is 15.0. The van der Waals surface area contributed by atoms with Crippen molar-refractivity contribution in [3.8, 4) is 17.1 Å². The summed E-state index contributed by atoms with van der Waals surface area (Å²) in [6.45, 7) is 4.70. The average molecular weight is 383 g/mol. The van der Waals surface area contributed by atoms with Crippen molar-refractivity contribution in [3.05, 3.63) is 33.5 Å². The molecule has 2 aromatic rings. The molecular weight excluding hydrogens is 365 g/mol. The Labute approximate surface area is 133 Å². The Morgan fingerprint density at radius 3 is 2.60 bits per heavy atom. The molecule has 0 aliphatic heterocycles. The maximum atomic E-state index is 5.67. The fourth-order valence-corrected chi connectivity index (χ4v) is 2.84. The van der Waals surface area contributed by atoms with Crippen molar-refractivity contribution in [1.82, 2.24) is 9.97 Å². The predicted octanol–water partition coefficient (Wildman–Crippen LogP) is 3.75. The number of nitrogens with zero attached hydrogens (tertiary/aromatic N) is 2. The van der Waals surface area contributed by atoms with Gasteiger partial charge in [0.05, 0.1) is 21.4 Å². The van der Waals surface area contributed by atoms with Crippen LogP contribution >= 0.6 is 22.6 Å².